The van der Waals surface area contributed by atoms with Crippen LogP contribution in [0.4, 0.5) is 0 Å². The molecule has 4 nitrogen and oxygen atoms in total. The van der Waals surface area contributed by atoms with Crippen molar-refractivity contribution in [1.29, 1.82) is 0 Å². The van der Waals surface area contributed by atoms with Crippen molar-refractivity contribution in [3.8, 4) is 0 Å². The topological polar surface area (TPSA) is 68.0 Å². The summed E-state index contributed by atoms with van der Waals surface area (Å²) < 4.78 is 0. The van der Waals surface area contributed by atoms with E-state index < -0.39 is 0 Å². The van der Waals surface area contributed by atoms with Gasteiger partial charge in [-0.25, -0.2) is 0 Å². The molecule has 1 fully saturated rings. The largest absolute Gasteiger partial charge is 0.351 e. The van der Waals surface area contributed by atoms with E-state index in [9.17, 15) is 4.79 Å². The van der Waals surface area contributed by atoms with Crippen molar-refractivity contribution in [2.24, 2.45) is 11.7 Å². The molecule has 0 saturated heterocycles. The summed E-state index contributed by atoms with van der Waals surface area (Å²) >= 11 is 0. The Kier molecular flexibility index (Phi) is 3.74. The van der Waals surface area contributed by atoms with E-state index in [4.69, 9.17) is 5.73 Å². The third-order valence-corrected chi connectivity index (χ3v) is 3.24. The van der Waals surface area contributed by atoms with E-state index in [1.807, 2.05) is 19.1 Å². The van der Waals surface area contributed by atoms with Crippen molar-refractivity contribution in [1.82, 2.24) is 10.3 Å². The number of amides is 1. The lowest BCUT2D eigenvalue weighted by atomic mass is 10.1. The average molecular weight is 233 g/mol. The molecule has 3 N–H and O–H groups in total. The highest BCUT2D eigenvalue weighted by Gasteiger charge is 2.31. The van der Waals surface area contributed by atoms with Gasteiger partial charge in [0, 0.05) is 18.8 Å². The summed E-state index contributed by atoms with van der Waals surface area (Å²) in [7, 11) is 0. The first kappa shape index (κ1) is 12.0. The molecule has 0 radical (unpaired) electrons. The Morgan fingerprint density at radius 1 is 1.65 bits per heavy atom. The molecule has 1 aromatic rings. The number of carbonyl (C=O) groups is 1. The fourth-order valence-corrected chi connectivity index (χ4v) is 1.98. The van der Waals surface area contributed by atoms with Gasteiger partial charge in [-0.2, -0.15) is 0 Å². The lowest BCUT2D eigenvalue weighted by molar-refractivity contribution is -0.121. The molecular weight excluding hydrogens is 214 g/mol. The normalized spacial score (nSPS) is 16.6. The molecule has 1 aliphatic carbocycles. The van der Waals surface area contributed by atoms with Crippen molar-refractivity contribution in [2.45, 2.75) is 32.2 Å². The summed E-state index contributed by atoms with van der Waals surface area (Å²) in [5, 5.41) is 3.00. The van der Waals surface area contributed by atoms with E-state index in [0.717, 1.165) is 11.3 Å². The first-order chi connectivity index (χ1) is 8.20. The van der Waals surface area contributed by atoms with Crippen LogP contribution in [0, 0.1) is 12.8 Å². The molecule has 0 aliphatic heterocycles. The maximum Gasteiger partial charge on any atom is 0.226 e. The molecule has 1 atom stereocenters. The zero-order valence-corrected chi connectivity index (χ0v) is 10.1. The van der Waals surface area contributed by atoms with Crippen LogP contribution in [0.1, 0.15) is 24.1 Å². The molecule has 1 heterocycles. The quantitative estimate of drug-likeness (QED) is 0.790. The Balaban J connectivity index is 1.90. The third kappa shape index (κ3) is 3.27. The van der Waals surface area contributed by atoms with Crippen molar-refractivity contribution in [2.75, 3.05) is 6.54 Å². The maximum atomic E-state index is 11.9. The minimum atomic E-state index is 0.0224. The first-order valence-corrected chi connectivity index (χ1v) is 6.10. The molecule has 1 unspecified atom stereocenters. The molecule has 0 bridgehead atoms. The predicted octanol–water partition coefficient (Wildman–Crippen LogP) is 0.786. The Labute approximate surface area is 102 Å². The molecular formula is C13H19N3O. The Hall–Kier alpha value is -1.42. The SMILES string of the molecule is Cc1cccnc1CC(=O)NC(CN)C1CC1. The van der Waals surface area contributed by atoms with Gasteiger partial charge in [0.25, 0.3) is 0 Å². The van der Waals surface area contributed by atoms with Crippen LogP contribution in [0.25, 0.3) is 0 Å². The van der Waals surface area contributed by atoms with Crippen LogP contribution in [0.2, 0.25) is 0 Å². The second-order valence-electron chi connectivity index (χ2n) is 4.69. The van der Waals surface area contributed by atoms with E-state index in [1.54, 1.807) is 6.20 Å². The monoisotopic (exact) mass is 233 g/mol. The highest BCUT2D eigenvalue weighted by atomic mass is 16.1. The van der Waals surface area contributed by atoms with Crippen LogP contribution in [0.5, 0.6) is 0 Å². The molecule has 4 heteroatoms. The summed E-state index contributed by atoms with van der Waals surface area (Å²) in [6.45, 7) is 2.49. The summed E-state index contributed by atoms with van der Waals surface area (Å²) in [6, 6.07) is 3.99. The average Bonchev–Trinajstić information content (AvgIpc) is 3.13. The van der Waals surface area contributed by atoms with E-state index in [2.05, 4.69) is 10.3 Å². The summed E-state index contributed by atoms with van der Waals surface area (Å²) in [5.74, 6) is 0.614. The minimum Gasteiger partial charge on any atom is -0.351 e. The molecule has 1 saturated carbocycles. The smallest absolute Gasteiger partial charge is 0.226 e. The number of aryl methyl sites for hydroxylation is 1. The van der Waals surface area contributed by atoms with E-state index in [1.165, 1.54) is 12.8 Å². The Bertz CT molecular complexity index is 401. The molecule has 1 aliphatic rings. The summed E-state index contributed by atoms with van der Waals surface area (Å²) in [6.07, 6.45) is 4.43. The third-order valence-electron chi connectivity index (χ3n) is 3.24. The number of aromatic nitrogens is 1. The van der Waals surface area contributed by atoms with Gasteiger partial charge in [-0.15, -0.1) is 0 Å². The number of rotatable bonds is 5. The van der Waals surface area contributed by atoms with Crippen LogP contribution in [0.15, 0.2) is 18.3 Å². The van der Waals surface area contributed by atoms with Gasteiger partial charge in [0.15, 0.2) is 0 Å². The van der Waals surface area contributed by atoms with Crippen LogP contribution in [-0.2, 0) is 11.2 Å². The van der Waals surface area contributed by atoms with Crippen molar-refractivity contribution >= 4 is 5.91 Å². The van der Waals surface area contributed by atoms with E-state index in [-0.39, 0.29) is 11.9 Å². The fourth-order valence-electron chi connectivity index (χ4n) is 1.98. The van der Waals surface area contributed by atoms with Gasteiger partial charge in [0.1, 0.15) is 0 Å². The van der Waals surface area contributed by atoms with Crippen molar-refractivity contribution in [3.63, 3.8) is 0 Å². The standard InChI is InChI=1S/C13H19N3O/c1-9-3-2-6-15-11(9)7-13(17)16-12(8-14)10-4-5-10/h2-3,6,10,12H,4-5,7-8,14H2,1H3,(H,16,17). The van der Waals surface area contributed by atoms with Gasteiger partial charge in [0.2, 0.25) is 5.91 Å². The summed E-state index contributed by atoms with van der Waals surface area (Å²) in [4.78, 5) is 16.1. The lowest BCUT2D eigenvalue weighted by Gasteiger charge is -2.16. The number of nitrogens with zero attached hydrogens (tertiary/aromatic N) is 1. The van der Waals surface area contributed by atoms with Crippen LogP contribution in [-0.4, -0.2) is 23.5 Å². The van der Waals surface area contributed by atoms with Gasteiger partial charge >= 0.3 is 0 Å². The molecule has 0 spiro atoms. The predicted molar refractivity (Wildman–Crippen MR) is 66.4 cm³/mol. The summed E-state index contributed by atoms with van der Waals surface area (Å²) in [5.41, 5.74) is 7.55. The first-order valence-electron chi connectivity index (χ1n) is 6.10. The lowest BCUT2D eigenvalue weighted by Crippen LogP contribution is -2.42. The number of pyridine rings is 1. The zero-order chi connectivity index (χ0) is 12.3. The van der Waals surface area contributed by atoms with Gasteiger partial charge in [0.05, 0.1) is 12.1 Å². The molecule has 2 rings (SSSR count). The number of nitrogens with one attached hydrogen (secondary N) is 1. The molecule has 1 amide bonds. The van der Waals surface area contributed by atoms with Crippen LogP contribution < -0.4 is 11.1 Å². The van der Waals surface area contributed by atoms with Crippen LogP contribution >= 0.6 is 0 Å². The number of nitrogens with two attached hydrogens (primary N) is 1. The molecule has 1 aromatic heterocycles. The number of hydrogen-bond acceptors (Lipinski definition) is 3. The van der Waals surface area contributed by atoms with Gasteiger partial charge < -0.3 is 11.1 Å². The van der Waals surface area contributed by atoms with Gasteiger partial charge in [-0.1, -0.05) is 6.07 Å². The van der Waals surface area contributed by atoms with Gasteiger partial charge in [-0.3, -0.25) is 9.78 Å². The highest BCUT2D eigenvalue weighted by molar-refractivity contribution is 5.78. The maximum absolute atomic E-state index is 11.9. The number of carbonyl (C=O) groups excluding carboxylic acids is 1. The second kappa shape index (κ2) is 5.27. The minimum absolute atomic E-state index is 0.0224. The Morgan fingerprint density at radius 2 is 2.41 bits per heavy atom. The van der Waals surface area contributed by atoms with Crippen molar-refractivity contribution in [3.05, 3.63) is 29.6 Å². The second-order valence-corrected chi connectivity index (χ2v) is 4.69. The van der Waals surface area contributed by atoms with Crippen molar-refractivity contribution < 1.29 is 4.79 Å². The van der Waals surface area contributed by atoms with E-state index in [0.29, 0.717) is 18.9 Å². The number of hydrogen-bond donors (Lipinski definition) is 2. The van der Waals surface area contributed by atoms with Crippen LogP contribution in [0.3, 0.4) is 0 Å². The molecule has 17 heavy (non-hydrogen) atoms. The van der Waals surface area contributed by atoms with Gasteiger partial charge in [-0.05, 0) is 37.3 Å². The molecule has 0 aromatic carbocycles. The zero-order valence-electron chi connectivity index (χ0n) is 10.1. The Morgan fingerprint density at radius 3 is 3.00 bits per heavy atom. The fraction of sp³-hybridized carbons (Fsp3) is 0.538. The highest BCUT2D eigenvalue weighted by Crippen LogP contribution is 2.32. The molecule has 92 valence electrons. The van der Waals surface area contributed by atoms with E-state index >= 15 is 0 Å².